The van der Waals surface area contributed by atoms with Crippen molar-refractivity contribution in [3.8, 4) is 22.9 Å². The van der Waals surface area contributed by atoms with E-state index < -0.39 is 6.03 Å². The number of methoxy groups -OCH3 is 3. The van der Waals surface area contributed by atoms with Crippen LogP contribution in [0.2, 0.25) is 5.02 Å². The Morgan fingerprint density at radius 2 is 1.49 bits per heavy atom. The molecule has 0 fully saturated rings. The number of benzene rings is 3. The zero-order chi connectivity index (χ0) is 26.4. The minimum Gasteiger partial charge on any atom is -0.493 e. The minimum absolute atomic E-state index is 0.344. The number of carbonyl (C=O) groups is 2. The molecule has 0 spiro atoms. The third-order valence-electron chi connectivity index (χ3n) is 5.24. The molecule has 1 aromatic heterocycles. The van der Waals surface area contributed by atoms with E-state index in [4.69, 9.17) is 25.8 Å². The average molecular weight is 522 g/mol. The fourth-order valence-corrected chi connectivity index (χ4v) is 3.63. The van der Waals surface area contributed by atoms with Crippen LogP contribution in [0, 0.1) is 0 Å². The second kappa shape index (κ2) is 11.4. The summed E-state index contributed by atoms with van der Waals surface area (Å²) >= 11 is 5.87. The predicted molar refractivity (Wildman–Crippen MR) is 142 cm³/mol. The second-order valence-corrected chi connectivity index (χ2v) is 8.11. The van der Waals surface area contributed by atoms with Crippen LogP contribution in [-0.4, -0.2) is 43.0 Å². The van der Waals surface area contributed by atoms with Crippen LogP contribution in [0.5, 0.6) is 17.2 Å². The Hall–Kier alpha value is -4.70. The van der Waals surface area contributed by atoms with Crippen LogP contribution >= 0.6 is 11.6 Å². The molecule has 4 rings (SSSR count). The molecule has 0 bridgehead atoms. The first kappa shape index (κ1) is 25.4. The lowest BCUT2D eigenvalue weighted by Gasteiger charge is -2.14. The van der Waals surface area contributed by atoms with E-state index in [0.717, 1.165) is 0 Å². The summed E-state index contributed by atoms with van der Waals surface area (Å²) in [4.78, 5) is 25.3. The van der Waals surface area contributed by atoms with Gasteiger partial charge in [-0.05, 0) is 42.5 Å². The van der Waals surface area contributed by atoms with Crippen molar-refractivity contribution in [2.45, 2.75) is 0 Å². The normalized spacial score (nSPS) is 10.4. The van der Waals surface area contributed by atoms with Crippen LogP contribution in [0.3, 0.4) is 0 Å². The van der Waals surface area contributed by atoms with Crippen molar-refractivity contribution in [2.24, 2.45) is 0 Å². The molecule has 190 valence electrons. The van der Waals surface area contributed by atoms with Crippen molar-refractivity contribution >= 4 is 40.6 Å². The topological polar surface area (TPSA) is 116 Å². The number of halogens is 1. The molecule has 10 nitrogen and oxygen atoms in total. The summed E-state index contributed by atoms with van der Waals surface area (Å²) in [6.07, 6.45) is 3.14. The molecular formula is C26H24ClN5O5. The fraction of sp³-hybridized carbons (Fsp3) is 0.115. The Bertz CT molecular complexity index is 1400. The molecule has 0 saturated heterocycles. The zero-order valence-electron chi connectivity index (χ0n) is 20.2. The smallest absolute Gasteiger partial charge is 0.323 e. The lowest BCUT2D eigenvalue weighted by Crippen LogP contribution is -2.19. The van der Waals surface area contributed by atoms with Gasteiger partial charge in [-0.3, -0.25) is 4.79 Å². The van der Waals surface area contributed by atoms with E-state index in [1.165, 1.54) is 27.5 Å². The molecule has 0 radical (unpaired) electrons. The Labute approximate surface area is 218 Å². The van der Waals surface area contributed by atoms with Gasteiger partial charge in [-0.1, -0.05) is 17.7 Å². The summed E-state index contributed by atoms with van der Waals surface area (Å²) in [6, 6.07) is 16.5. The number of anilines is 3. The number of hydrogen-bond donors (Lipinski definition) is 3. The lowest BCUT2D eigenvalue weighted by atomic mass is 10.1. The lowest BCUT2D eigenvalue weighted by molar-refractivity contribution is 0.102. The van der Waals surface area contributed by atoms with Gasteiger partial charge in [-0.15, -0.1) is 0 Å². The van der Waals surface area contributed by atoms with Gasteiger partial charge >= 0.3 is 6.03 Å². The van der Waals surface area contributed by atoms with Gasteiger partial charge in [0.25, 0.3) is 5.91 Å². The highest BCUT2D eigenvalue weighted by Gasteiger charge is 2.16. The average Bonchev–Trinajstić information content (AvgIpc) is 3.37. The molecule has 0 aliphatic heterocycles. The molecule has 0 unspecified atom stereocenters. The van der Waals surface area contributed by atoms with Crippen molar-refractivity contribution in [3.05, 3.63) is 83.6 Å². The standard InChI is InChI=1S/C26H24ClN5O5/c1-35-22-12-19(13-23(36-2)24(22)37-3)29-25(33)16-5-4-6-21(11-16)32-15-20(14-28-32)31-26(34)30-18-9-7-17(27)8-10-18/h4-15H,1-3H3,(H,29,33)(H2,30,31,34). The number of nitrogens with one attached hydrogen (secondary N) is 3. The van der Waals surface area contributed by atoms with Gasteiger partial charge < -0.3 is 30.2 Å². The molecule has 37 heavy (non-hydrogen) atoms. The van der Waals surface area contributed by atoms with E-state index >= 15 is 0 Å². The number of ether oxygens (including phenoxy) is 3. The Morgan fingerprint density at radius 3 is 2.14 bits per heavy atom. The Morgan fingerprint density at radius 1 is 0.811 bits per heavy atom. The first-order valence-electron chi connectivity index (χ1n) is 11.0. The molecule has 0 saturated carbocycles. The van der Waals surface area contributed by atoms with Gasteiger partial charge in [-0.25, -0.2) is 9.48 Å². The first-order chi connectivity index (χ1) is 17.9. The number of nitrogens with zero attached hydrogens (tertiary/aromatic N) is 2. The highest BCUT2D eigenvalue weighted by molar-refractivity contribution is 6.30. The van der Waals surface area contributed by atoms with Gasteiger partial charge in [-0.2, -0.15) is 5.10 Å². The molecule has 3 amide bonds. The first-order valence-corrected chi connectivity index (χ1v) is 11.4. The third-order valence-corrected chi connectivity index (χ3v) is 5.49. The summed E-state index contributed by atoms with van der Waals surface area (Å²) in [5.41, 5.74) is 2.57. The number of amides is 3. The Kier molecular flexibility index (Phi) is 7.80. The minimum atomic E-state index is -0.430. The van der Waals surface area contributed by atoms with Crippen molar-refractivity contribution < 1.29 is 23.8 Å². The molecular weight excluding hydrogens is 498 g/mol. The second-order valence-electron chi connectivity index (χ2n) is 7.68. The molecule has 1 heterocycles. The van der Waals surface area contributed by atoms with Crippen LogP contribution in [0.25, 0.3) is 5.69 Å². The maximum atomic E-state index is 13.0. The zero-order valence-corrected chi connectivity index (χ0v) is 21.0. The fourth-order valence-electron chi connectivity index (χ4n) is 3.50. The highest BCUT2D eigenvalue weighted by Crippen LogP contribution is 2.40. The number of rotatable bonds is 8. The predicted octanol–water partition coefficient (Wildman–Crippen LogP) is 5.45. The number of aromatic nitrogens is 2. The van der Waals surface area contributed by atoms with Gasteiger partial charge in [0.2, 0.25) is 5.75 Å². The monoisotopic (exact) mass is 521 g/mol. The number of carbonyl (C=O) groups excluding carboxylic acids is 2. The van der Waals surface area contributed by atoms with Gasteiger partial charge in [0.1, 0.15) is 0 Å². The van der Waals surface area contributed by atoms with Gasteiger partial charge in [0.05, 0.1) is 45.1 Å². The summed E-state index contributed by atoms with van der Waals surface area (Å²) in [6.45, 7) is 0. The SMILES string of the molecule is COc1cc(NC(=O)c2cccc(-n3cc(NC(=O)Nc4ccc(Cl)cc4)cn3)c2)cc(OC)c1OC. The molecule has 0 aliphatic carbocycles. The van der Waals surface area contributed by atoms with Crippen molar-refractivity contribution in [3.63, 3.8) is 0 Å². The molecule has 3 aromatic carbocycles. The molecule has 11 heteroatoms. The molecule has 0 aliphatic rings. The van der Waals surface area contributed by atoms with E-state index in [9.17, 15) is 9.59 Å². The van der Waals surface area contributed by atoms with Crippen LogP contribution < -0.4 is 30.2 Å². The highest BCUT2D eigenvalue weighted by atomic mass is 35.5. The van der Waals surface area contributed by atoms with Crippen molar-refractivity contribution in [1.29, 1.82) is 0 Å². The number of urea groups is 1. The van der Waals surface area contributed by atoms with Crippen LogP contribution in [0.4, 0.5) is 21.9 Å². The van der Waals surface area contributed by atoms with Crippen molar-refractivity contribution in [1.82, 2.24) is 9.78 Å². The quantitative estimate of drug-likeness (QED) is 0.284. The van der Waals surface area contributed by atoms with Crippen LogP contribution in [0.1, 0.15) is 10.4 Å². The number of hydrogen-bond acceptors (Lipinski definition) is 6. The van der Waals surface area contributed by atoms with E-state index in [-0.39, 0.29) is 5.91 Å². The van der Waals surface area contributed by atoms with E-state index in [1.807, 2.05) is 0 Å². The summed E-state index contributed by atoms with van der Waals surface area (Å²) in [7, 11) is 4.51. The van der Waals surface area contributed by atoms with Crippen LogP contribution in [0.15, 0.2) is 73.1 Å². The molecule has 0 atom stereocenters. The molecule has 3 N–H and O–H groups in total. The largest absolute Gasteiger partial charge is 0.493 e. The molecule has 4 aromatic rings. The van der Waals surface area contributed by atoms with Gasteiger partial charge in [0.15, 0.2) is 11.5 Å². The van der Waals surface area contributed by atoms with E-state index in [0.29, 0.717) is 50.6 Å². The summed E-state index contributed by atoms with van der Waals surface area (Å²) < 4.78 is 17.6. The van der Waals surface area contributed by atoms with E-state index in [2.05, 4.69) is 21.0 Å². The third kappa shape index (κ3) is 6.11. The van der Waals surface area contributed by atoms with E-state index in [1.54, 1.807) is 71.5 Å². The van der Waals surface area contributed by atoms with Crippen molar-refractivity contribution in [2.75, 3.05) is 37.3 Å². The Balaban J connectivity index is 1.46. The summed E-state index contributed by atoms with van der Waals surface area (Å²) in [5.74, 6) is 0.920. The van der Waals surface area contributed by atoms with Crippen LogP contribution in [-0.2, 0) is 0 Å². The maximum Gasteiger partial charge on any atom is 0.323 e. The van der Waals surface area contributed by atoms with Gasteiger partial charge in [0, 0.05) is 34.1 Å². The maximum absolute atomic E-state index is 13.0. The summed E-state index contributed by atoms with van der Waals surface area (Å²) in [5, 5.41) is 13.1.